The summed E-state index contributed by atoms with van der Waals surface area (Å²) in [6.45, 7) is 5.88. The average Bonchev–Trinajstić information content (AvgIpc) is 2.92. The Morgan fingerprint density at radius 2 is 2.33 bits per heavy atom. The van der Waals surface area contributed by atoms with Crippen LogP contribution in [0.3, 0.4) is 0 Å². The lowest BCUT2D eigenvalue weighted by molar-refractivity contribution is -0.123. The number of aromatic amines is 1. The van der Waals surface area contributed by atoms with Crippen molar-refractivity contribution in [3.8, 4) is 0 Å². The van der Waals surface area contributed by atoms with Crippen molar-refractivity contribution in [2.45, 2.75) is 44.6 Å². The van der Waals surface area contributed by atoms with E-state index >= 15 is 0 Å². The summed E-state index contributed by atoms with van der Waals surface area (Å²) in [7, 11) is 0. The fourth-order valence-electron chi connectivity index (χ4n) is 2.35. The minimum Gasteiger partial charge on any atom is -0.364 e. The van der Waals surface area contributed by atoms with Gasteiger partial charge < -0.3 is 15.6 Å². The zero-order valence-electron chi connectivity index (χ0n) is 11.3. The van der Waals surface area contributed by atoms with E-state index in [0.29, 0.717) is 6.54 Å². The molecule has 2 rings (SSSR count). The van der Waals surface area contributed by atoms with E-state index in [1.807, 2.05) is 12.3 Å². The molecule has 1 aliphatic heterocycles. The van der Waals surface area contributed by atoms with Crippen molar-refractivity contribution in [3.63, 3.8) is 0 Å². The third-order valence-electron chi connectivity index (χ3n) is 3.66. The molecule has 4 nitrogen and oxygen atoms in total. The summed E-state index contributed by atoms with van der Waals surface area (Å²) in [6.07, 6.45) is 5.19. The van der Waals surface area contributed by atoms with Crippen LogP contribution in [0.25, 0.3) is 0 Å². The van der Waals surface area contributed by atoms with E-state index in [1.54, 1.807) is 0 Å². The minimum absolute atomic E-state index is 0.00167. The second kappa shape index (κ2) is 5.57. The van der Waals surface area contributed by atoms with Gasteiger partial charge in [0.15, 0.2) is 0 Å². The zero-order valence-corrected chi connectivity index (χ0v) is 11.3. The number of carbonyl (C=O) groups excluding carboxylic acids is 1. The molecule has 18 heavy (non-hydrogen) atoms. The predicted octanol–water partition coefficient (Wildman–Crippen LogP) is 1.55. The van der Waals surface area contributed by atoms with E-state index in [1.165, 1.54) is 6.42 Å². The van der Waals surface area contributed by atoms with Gasteiger partial charge in [0, 0.05) is 23.9 Å². The zero-order chi connectivity index (χ0) is 13.0. The number of aromatic nitrogens is 1. The molecule has 1 aromatic rings. The second-order valence-electron chi connectivity index (χ2n) is 5.69. The molecule has 1 aromatic heterocycles. The van der Waals surface area contributed by atoms with Gasteiger partial charge in [-0.2, -0.15) is 0 Å². The molecule has 1 saturated heterocycles. The highest BCUT2D eigenvalue weighted by Gasteiger charge is 2.25. The smallest absolute Gasteiger partial charge is 0.237 e. The highest BCUT2D eigenvalue weighted by molar-refractivity contribution is 5.81. The fourth-order valence-corrected chi connectivity index (χ4v) is 2.35. The highest BCUT2D eigenvalue weighted by atomic mass is 16.2. The van der Waals surface area contributed by atoms with Crippen molar-refractivity contribution in [1.29, 1.82) is 0 Å². The molecule has 1 amide bonds. The Morgan fingerprint density at radius 3 is 2.94 bits per heavy atom. The molecule has 1 aliphatic rings. The van der Waals surface area contributed by atoms with E-state index in [0.717, 1.165) is 25.1 Å². The third-order valence-corrected chi connectivity index (χ3v) is 3.66. The average molecular weight is 249 g/mol. The minimum atomic E-state index is -0.0617. The Morgan fingerprint density at radius 1 is 1.50 bits per heavy atom. The van der Waals surface area contributed by atoms with Gasteiger partial charge in [-0.15, -0.1) is 0 Å². The maximum Gasteiger partial charge on any atom is 0.237 e. The number of H-pyrrole nitrogens is 1. The van der Waals surface area contributed by atoms with Gasteiger partial charge in [-0.3, -0.25) is 4.79 Å². The van der Waals surface area contributed by atoms with Gasteiger partial charge in [-0.05, 0) is 31.5 Å². The van der Waals surface area contributed by atoms with Crippen molar-refractivity contribution in [2.24, 2.45) is 0 Å². The number of amides is 1. The quantitative estimate of drug-likeness (QED) is 0.758. The van der Waals surface area contributed by atoms with E-state index in [-0.39, 0.29) is 17.4 Å². The van der Waals surface area contributed by atoms with Crippen molar-refractivity contribution >= 4 is 5.91 Å². The molecule has 100 valence electrons. The molecular formula is C14H23N3O. The van der Waals surface area contributed by atoms with E-state index in [4.69, 9.17) is 0 Å². The van der Waals surface area contributed by atoms with Gasteiger partial charge in [0.1, 0.15) is 0 Å². The summed E-state index contributed by atoms with van der Waals surface area (Å²) >= 11 is 0. The Labute approximate surface area is 109 Å². The number of nitrogens with one attached hydrogen (secondary N) is 3. The summed E-state index contributed by atoms with van der Waals surface area (Å²) < 4.78 is 0. The number of piperidine rings is 1. The SMILES string of the molecule is CC(C)(CNC(=O)C1CCCCN1)c1ccc[nH]1. The molecule has 0 aliphatic carbocycles. The molecule has 4 heteroatoms. The Balaban J connectivity index is 1.85. The van der Waals surface area contributed by atoms with Crippen LogP contribution in [-0.4, -0.2) is 30.0 Å². The first-order valence-electron chi connectivity index (χ1n) is 6.74. The summed E-state index contributed by atoms with van der Waals surface area (Å²) in [5.74, 6) is 0.134. The van der Waals surface area contributed by atoms with Gasteiger partial charge in [-0.25, -0.2) is 0 Å². The van der Waals surface area contributed by atoms with Crippen molar-refractivity contribution in [1.82, 2.24) is 15.6 Å². The number of carbonyl (C=O) groups is 1. The molecule has 0 saturated carbocycles. The lowest BCUT2D eigenvalue weighted by Gasteiger charge is -2.27. The molecule has 1 fully saturated rings. The first-order valence-corrected chi connectivity index (χ1v) is 6.74. The molecule has 2 heterocycles. The van der Waals surface area contributed by atoms with Crippen LogP contribution >= 0.6 is 0 Å². The van der Waals surface area contributed by atoms with Crippen molar-refractivity contribution < 1.29 is 4.79 Å². The van der Waals surface area contributed by atoms with Crippen LogP contribution in [0.4, 0.5) is 0 Å². The number of hydrogen-bond donors (Lipinski definition) is 3. The van der Waals surface area contributed by atoms with Crippen molar-refractivity contribution in [3.05, 3.63) is 24.0 Å². The summed E-state index contributed by atoms with van der Waals surface area (Å²) in [4.78, 5) is 15.2. The van der Waals surface area contributed by atoms with Crippen LogP contribution in [0.1, 0.15) is 38.8 Å². The Kier molecular flexibility index (Phi) is 4.07. The van der Waals surface area contributed by atoms with E-state index in [9.17, 15) is 4.79 Å². The lowest BCUT2D eigenvalue weighted by Crippen LogP contribution is -2.49. The van der Waals surface area contributed by atoms with Crippen LogP contribution < -0.4 is 10.6 Å². The maximum atomic E-state index is 12.0. The van der Waals surface area contributed by atoms with Gasteiger partial charge in [-0.1, -0.05) is 20.3 Å². The van der Waals surface area contributed by atoms with Crippen LogP contribution in [0.15, 0.2) is 18.3 Å². The molecule has 0 spiro atoms. The van der Waals surface area contributed by atoms with Gasteiger partial charge in [0.2, 0.25) is 5.91 Å². The van der Waals surface area contributed by atoms with E-state index in [2.05, 4.69) is 35.5 Å². The largest absolute Gasteiger partial charge is 0.364 e. The first kappa shape index (κ1) is 13.1. The Bertz CT molecular complexity index is 378. The van der Waals surface area contributed by atoms with Gasteiger partial charge in [0.05, 0.1) is 6.04 Å². The van der Waals surface area contributed by atoms with Crippen LogP contribution in [-0.2, 0) is 10.2 Å². The summed E-state index contributed by atoms with van der Waals surface area (Å²) in [6, 6.07) is 4.05. The maximum absolute atomic E-state index is 12.0. The predicted molar refractivity (Wildman–Crippen MR) is 72.5 cm³/mol. The molecule has 0 bridgehead atoms. The first-order chi connectivity index (χ1) is 8.59. The van der Waals surface area contributed by atoms with Crippen LogP contribution in [0, 0.1) is 0 Å². The van der Waals surface area contributed by atoms with Crippen LogP contribution in [0.2, 0.25) is 0 Å². The molecule has 0 radical (unpaired) electrons. The third kappa shape index (κ3) is 3.13. The van der Waals surface area contributed by atoms with Crippen molar-refractivity contribution in [2.75, 3.05) is 13.1 Å². The topological polar surface area (TPSA) is 56.9 Å². The molecule has 0 aromatic carbocycles. The second-order valence-corrected chi connectivity index (χ2v) is 5.69. The monoisotopic (exact) mass is 249 g/mol. The number of hydrogen-bond acceptors (Lipinski definition) is 2. The van der Waals surface area contributed by atoms with E-state index < -0.39 is 0 Å². The highest BCUT2D eigenvalue weighted by Crippen LogP contribution is 2.20. The fraction of sp³-hybridized carbons (Fsp3) is 0.643. The molecule has 3 N–H and O–H groups in total. The molecule has 1 unspecified atom stereocenters. The van der Waals surface area contributed by atoms with Crippen LogP contribution in [0.5, 0.6) is 0 Å². The molecule has 1 atom stereocenters. The summed E-state index contributed by atoms with van der Waals surface area (Å²) in [5, 5.41) is 6.33. The lowest BCUT2D eigenvalue weighted by atomic mass is 9.89. The van der Waals surface area contributed by atoms with Gasteiger partial charge >= 0.3 is 0 Å². The molecular weight excluding hydrogens is 226 g/mol. The number of rotatable bonds is 4. The summed E-state index contributed by atoms with van der Waals surface area (Å²) in [5.41, 5.74) is 1.09. The standard InChI is InChI=1S/C14H23N3O/c1-14(2,12-7-5-9-16-12)10-17-13(18)11-6-3-4-8-15-11/h5,7,9,11,15-16H,3-4,6,8,10H2,1-2H3,(H,17,18). The normalized spacial score (nSPS) is 20.7. The Hall–Kier alpha value is -1.29. The van der Waals surface area contributed by atoms with Gasteiger partial charge in [0.25, 0.3) is 0 Å².